The summed E-state index contributed by atoms with van der Waals surface area (Å²) >= 11 is 2.58. The Hall–Kier alpha value is -3.49. The summed E-state index contributed by atoms with van der Waals surface area (Å²) in [5.74, 6) is -1.07. The lowest BCUT2D eigenvalue weighted by Gasteiger charge is -2.42. The molecule has 0 radical (unpaired) electrons. The zero-order valence-corrected chi connectivity index (χ0v) is 27.1. The first kappa shape index (κ1) is 31.5. The lowest BCUT2D eigenvalue weighted by molar-refractivity contribution is -0.140. The molecule has 2 fully saturated rings. The number of rotatable bonds is 10. The molecule has 2 saturated heterocycles. The van der Waals surface area contributed by atoms with Gasteiger partial charge in [-0.25, -0.2) is 19.3 Å². The van der Waals surface area contributed by atoms with E-state index in [1.54, 1.807) is 24.7 Å². The van der Waals surface area contributed by atoms with Crippen LogP contribution >= 0.6 is 23.1 Å². The minimum atomic E-state index is -0.657. The van der Waals surface area contributed by atoms with Gasteiger partial charge in [-0.15, -0.1) is 0 Å². The van der Waals surface area contributed by atoms with Crippen LogP contribution in [0.1, 0.15) is 48.3 Å². The van der Waals surface area contributed by atoms with E-state index in [1.165, 1.54) is 29.3 Å². The lowest BCUT2D eigenvalue weighted by Crippen LogP contribution is -2.50. The SMILES string of the molecule is Cc1ccnc(Nc2ncc(Sc3ccnc(C(=O)NCC4(c5cccnc5)CCN(C[C@H]5COC(C)(C)O5)CC4)c3F)s2)c1. The fourth-order valence-corrected chi connectivity index (χ4v) is 7.60. The molecule has 0 bridgehead atoms. The summed E-state index contributed by atoms with van der Waals surface area (Å²) in [6.07, 6.45) is 10.1. The molecular weight excluding hydrogens is 614 g/mol. The molecule has 0 aromatic carbocycles. The number of thiazole rings is 1. The molecule has 2 aliphatic heterocycles. The number of halogens is 1. The van der Waals surface area contributed by atoms with Crippen LogP contribution in [0.5, 0.6) is 0 Å². The molecule has 13 heteroatoms. The van der Waals surface area contributed by atoms with Crippen molar-refractivity contribution >= 4 is 40.0 Å². The molecule has 0 aliphatic carbocycles. The molecule has 236 valence electrons. The zero-order valence-electron chi connectivity index (χ0n) is 25.5. The van der Waals surface area contributed by atoms with Crippen LogP contribution in [0.25, 0.3) is 0 Å². The maximum absolute atomic E-state index is 15.7. The number of nitrogens with one attached hydrogen (secondary N) is 2. The molecule has 45 heavy (non-hydrogen) atoms. The Morgan fingerprint density at radius 3 is 2.69 bits per heavy atom. The average molecular weight is 650 g/mol. The second-order valence-electron chi connectivity index (χ2n) is 11.9. The van der Waals surface area contributed by atoms with Gasteiger partial charge in [0.05, 0.1) is 28.0 Å². The number of nitrogens with zero attached hydrogens (tertiary/aromatic N) is 5. The first-order valence-corrected chi connectivity index (χ1v) is 16.5. The third kappa shape index (κ3) is 7.67. The van der Waals surface area contributed by atoms with E-state index in [2.05, 4.69) is 41.5 Å². The Kier molecular flexibility index (Phi) is 9.43. The van der Waals surface area contributed by atoms with E-state index in [0.29, 0.717) is 29.0 Å². The average Bonchev–Trinajstić information content (AvgIpc) is 3.62. The van der Waals surface area contributed by atoms with Crippen molar-refractivity contribution in [1.29, 1.82) is 0 Å². The van der Waals surface area contributed by atoms with Crippen LogP contribution in [0.15, 0.2) is 70.4 Å². The van der Waals surface area contributed by atoms with Crippen LogP contribution in [0, 0.1) is 12.7 Å². The number of carbonyl (C=O) groups is 1. The number of pyridine rings is 3. The van der Waals surface area contributed by atoms with Crippen molar-refractivity contribution in [2.75, 3.05) is 38.1 Å². The molecule has 2 aliphatic rings. The first-order valence-electron chi connectivity index (χ1n) is 14.9. The number of piperidine rings is 1. The number of aromatic nitrogens is 4. The molecule has 4 aromatic heterocycles. The molecule has 6 heterocycles. The fraction of sp³-hybridized carbons (Fsp3) is 0.406. The smallest absolute Gasteiger partial charge is 0.273 e. The van der Waals surface area contributed by atoms with Gasteiger partial charge in [0.1, 0.15) is 5.82 Å². The van der Waals surface area contributed by atoms with Gasteiger partial charge in [-0.2, -0.15) is 0 Å². The quantitative estimate of drug-likeness (QED) is 0.226. The number of amides is 1. The van der Waals surface area contributed by atoms with Gasteiger partial charge in [-0.1, -0.05) is 29.2 Å². The molecule has 1 amide bonds. The number of likely N-dealkylation sites (tertiary alicyclic amines) is 1. The van der Waals surface area contributed by atoms with Gasteiger partial charge in [0.2, 0.25) is 0 Å². The van der Waals surface area contributed by atoms with Crippen molar-refractivity contribution in [3.05, 3.63) is 84.0 Å². The number of anilines is 2. The Labute approximate surface area is 270 Å². The maximum Gasteiger partial charge on any atom is 0.273 e. The molecule has 2 N–H and O–H groups in total. The minimum absolute atomic E-state index is 0.0303. The predicted molar refractivity (Wildman–Crippen MR) is 172 cm³/mol. The molecule has 4 aromatic rings. The number of carbonyl (C=O) groups excluding carboxylic acids is 1. The number of ether oxygens (including phenoxy) is 2. The summed E-state index contributed by atoms with van der Waals surface area (Å²) in [4.78, 5) is 33.2. The second kappa shape index (κ2) is 13.5. The summed E-state index contributed by atoms with van der Waals surface area (Å²) in [6.45, 7) is 9.23. The summed E-state index contributed by atoms with van der Waals surface area (Å²) in [5.41, 5.74) is 1.56. The summed E-state index contributed by atoms with van der Waals surface area (Å²) in [7, 11) is 0. The van der Waals surface area contributed by atoms with Crippen LogP contribution in [0.4, 0.5) is 15.3 Å². The van der Waals surface area contributed by atoms with Crippen molar-refractivity contribution < 1.29 is 18.7 Å². The second-order valence-corrected chi connectivity index (χ2v) is 14.2. The van der Waals surface area contributed by atoms with Crippen LogP contribution in [-0.2, 0) is 14.9 Å². The van der Waals surface area contributed by atoms with Crippen molar-refractivity contribution in [1.82, 2.24) is 30.2 Å². The van der Waals surface area contributed by atoms with Gasteiger partial charge < -0.3 is 25.0 Å². The summed E-state index contributed by atoms with van der Waals surface area (Å²) in [5, 5.41) is 6.82. The van der Waals surface area contributed by atoms with Gasteiger partial charge >= 0.3 is 0 Å². The predicted octanol–water partition coefficient (Wildman–Crippen LogP) is 5.59. The van der Waals surface area contributed by atoms with E-state index in [9.17, 15) is 4.79 Å². The van der Waals surface area contributed by atoms with Crippen LogP contribution in [-0.4, -0.2) is 75.4 Å². The fourth-order valence-electron chi connectivity index (χ4n) is 5.73. The Morgan fingerprint density at radius 1 is 1.13 bits per heavy atom. The van der Waals surface area contributed by atoms with Crippen molar-refractivity contribution in [3.63, 3.8) is 0 Å². The van der Waals surface area contributed by atoms with Gasteiger partial charge in [0, 0.05) is 43.3 Å². The van der Waals surface area contributed by atoms with E-state index in [4.69, 9.17) is 9.47 Å². The van der Waals surface area contributed by atoms with Crippen LogP contribution in [0.3, 0.4) is 0 Å². The molecule has 0 spiro atoms. The van der Waals surface area contributed by atoms with E-state index >= 15 is 4.39 Å². The highest BCUT2D eigenvalue weighted by Crippen LogP contribution is 2.38. The highest BCUT2D eigenvalue weighted by Gasteiger charge is 2.39. The first-order chi connectivity index (χ1) is 21.7. The zero-order chi connectivity index (χ0) is 31.4. The van der Waals surface area contributed by atoms with Crippen molar-refractivity contribution in [2.45, 2.75) is 60.0 Å². The maximum atomic E-state index is 15.7. The van der Waals surface area contributed by atoms with E-state index in [1.807, 2.05) is 45.2 Å². The Bertz CT molecular complexity index is 1630. The number of aryl methyl sites for hydroxylation is 1. The molecule has 1 atom stereocenters. The number of hydrogen-bond acceptors (Lipinski definition) is 11. The largest absolute Gasteiger partial charge is 0.350 e. The van der Waals surface area contributed by atoms with Crippen LogP contribution < -0.4 is 10.6 Å². The monoisotopic (exact) mass is 649 g/mol. The lowest BCUT2D eigenvalue weighted by atomic mass is 9.73. The Morgan fingerprint density at radius 2 is 1.96 bits per heavy atom. The third-order valence-electron chi connectivity index (χ3n) is 8.12. The number of hydrogen-bond donors (Lipinski definition) is 2. The molecule has 6 rings (SSSR count). The third-order valence-corrected chi connectivity index (χ3v) is 10.2. The van der Waals surface area contributed by atoms with E-state index < -0.39 is 17.5 Å². The van der Waals surface area contributed by atoms with E-state index in [-0.39, 0.29) is 17.2 Å². The Balaban J connectivity index is 1.10. The minimum Gasteiger partial charge on any atom is -0.350 e. The van der Waals surface area contributed by atoms with Crippen LogP contribution in [0.2, 0.25) is 0 Å². The van der Waals surface area contributed by atoms with Gasteiger partial charge in [-0.05, 0) is 82.1 Å². The summed E-state index contributed by atoms with van der Waals surface area (Å²) < 4.78 is 28.2. The highest BCUT2D eigenvalue weighted by atomic mass is 32.2. The van der Waals surface area contributed by atoms with Gasteiger partial charge in [-0.3, -0.25) is 9.78 Å². The molecular formula is C32H36FN7O3S2. The van der Waals surface area contributed by atoms with E-state index in [0.717, 1.165) is 47.8 Å². The molecule has 0 unspecified atom stereocenters. The topological polar surface area (TPSA) is 114 Å². The normalized spacial score (nSPS) is 19.3. The molecule has 10 nitrogen and oxygen atoms in total. The van der Waals surface area contributed by atoms with Gasteiger partial charge in [0.15, 0.2) is 22.4 Å². The van der Waals surface area contributed by atoms with Crippen molar-refractivity contribution in [3.8, 4) is 0 Å². The van der Waals surface area contributed by atoms with Crippen molar-refractivity contribution in [2.24, 2.45) is 0 Å². The molecule has 0 saturated carbocycles. The van der Waals surface area contributed by atoms with Gasteiger partial charge in [0.25, 0.3) is 5.91 Å². The standard InChI is InChI=1S/C32H36FN7O3S2/c1-21-6-11-35-25(15-21)39-30-37-17-26(45-30)44-24-7-12-36-28(27(24)33)29(41)38-20-32(22-5-4-10-34-16-22)8-13-40(14-9-32)18-23-19-42-31(2,3)43-23/h4-7,10-12,15-17,23H,8-9,13-14,18-20H2,1-3H3,(H,38,41)(H,35,37,39)/t23-/m0/s1. The highest BCUT2D eigenvalue weighted by molar-refractivity contribution is 8.01. The summed E-state index contributed by atoms with van der Waals surface area (Å²) in [6, 6.07) is 9.37.